The van der Waals surface area contributed by atoms with Crippen molar-refractivity contribution in [3.8, 4) is 0 Å². The van der Waals surface area contributed by atoms with E-state index in [1.54, 1.807) is 0 Å². The maximum Gasteiger partial charge on any atom is 0.331 e. The van der Waals surface area contributed by atoms with E-state index in [0.717, 1.165) is 37.1 Å². The molecule has 0 aromatic rings. The zero-order chi connectivity index (χ0) is 13.1. The van der Waals surface area contributed by atoms with Gasteiger partial charge in [-0.2, -0.15) is 10.2 Å². The molecule has 2 aliphatic carbocycles. The highest BCUT2D eigenvalue weighted by Crippen LogP contribution is 2.30. The third-order valence-corrected chi connectivity index (χ3v) is 3.21. The van der Waals surface area contributed by atoms with E-state index in [1.165, 1.54) is 0 Å². The second-order valence-corrected chi connectivity index (χ2v) is 4.94. The predicted octanol–water partition coefficient (Wildman–Crippen LogP) is 0.791. The molecule has 0 radical (unpaired) electrons. The van der Waals surface area contributed by atoms with Gasteiger partial charge >= 0.3 is 11.8 Å². The lowest BCUT2D eigenvalue weighted by molar-refractivity contribution is -0.139. The number of amides is 2. The average Bonchev–Trinajstić information content (AvgIpc) is 3.19. The van der Waals surface area contributed by atoms with Crippen LogP contribution in [-0.2, 0) is 9.59 Å². The van der Waals surface area contributed by atoms with Gasteiger partial charge in [0.05, 0.1) is 0 Å². The van der Waals surface area contributed by atoms with Crippen molar-refractivity contribution in [2.24, 2.45) is 22.0 Å². The Kier molecular flexibility index (Phi) is 3.74. The lowest BCUT2D eigenvalue weighted by atomic mass is 10.3. The molecule has 0 spiro atoms. The number of carbonyl (C=O) groups excluding carboxylic acids is 2. The number of carbonyl (C=O) groups is 2. The van der Waals surface area contributed by atoms with Gasteiger partial charge in [0.25, 0.3) is 0 Å². The average molecular weight is 250 g/mol. The van der Waals surface area contributed by atoms with E-state index >= 15 is 0 Å². The van der Waals surface area contributed by atoms with E-state index in [0.29, 0.717) is 11.8 Å². The molecule has 0 atom stereocenters. The molecule has 2 rings (SSSR count). The minimum absolute atomic E-state index is 0.475. The molecule has 0 aromatic heterocycles. The first-order chi connectivity index (χ1) is 8.58. The molecule has 2 fully saturated rings. The highest BCUT2D eigenvalue weighted by atomic mass is 16.2. The molecular weight excluding hydrogens is 232 g/mol. The highest BCUT2D eigenvalue weighted by Gasteiger charge is 2.26. The van der Waals surface area contributed by atoms with E-state index in [2.05, 4.69) is 21.1 Å². The molecule has 0 unspecified atom stereocenters. The molecule has 2 N–H and O–H groups in total. The SMILES string of the molecule is CC(=NNC(=O)C(=O)NN=C(C)C1CC1)C1CC1. The lowest BCUT2D eigenvalue weighted by Crippen LogP contribution is -2.36. The number of nitrogens with zero attached hydrogens (tertiary/aromatic N) is 2. The van der Waals surface area contributed by atoms with Crippen molar-refractivity contribution in [3.63, 3.8) is 0 Å². The maximum atomic E-state index is 11.4. The van der Waals surface area contributed by atoms with Crippen molar-refractivity contribution < 1.29 is 9.59 Å². The summed E-state index contributed by atoms with van der Waals surface area (Å²) in [6.07, 6.45) is 4.45. The highest BCUT2D eigenvalue weighted by molar-refractivity contribution is 6.35. The van der Waals surface area contributed by atoms with Crippen LogP contribution in [0.15, 0.2) is 10.2 Å². The third kappa shape index (κ3) is 3.65. The third-order valence-electron chi connectivity index (χ3n) is 3.21. The first-order valence-corrected chi connectivity index (χ1v) is 6.26. The molecule has 0 aliphatic heterocycles. The van der Waals surface area contributed by atoms with Gasteiger partial charge in [-0.25, -0.2) is 10.9 Å². The van der Waals surface area contributed by atoms with Crippen molar-refractivity contribution in [1.29, 1.82) is 0 Å². The van der Waals surface area contributed by atoms with Gasteiger partial charge in [0.1, 0.15) is 0 Å². The summed E-state index contributed by atoms with van der Waals surface area (Å²) in [6.45, 7) is 3.70. The molecule has 0 aromatic carbocycles. The Hall–Kier alpha value is -1.72. The van der Waals surface area contributed by atoms with Gasteiger partial charge in [-0.3, -0.25) is 9.59 Å². The Balaban J connectivity index is 1.75. The molecule has 2 saturated carbocycles. The first kappa shape index (κ1) is 12.7. The molecule has 2 amide bonds. The van der Waals surface area contributed by atoms with Gasteiger partial charge in [0, 0.05) is 11.4 Å². The van der Waals surface area contributed by atoms with Crippen molar-refractivity contribution in [2.75, 3.05) is 0 Å². The molecule has 18 heavy (non-hydrogen) atoms. The Bertz CT molecular complexity index is 380. The van der Waals surface area contributed by atoms with Crippen LogP contribution >= 0.6 is 0 Å². The zero-order valence-corrected chi connectivity index (χ0v) is 10.7. The molecule has 2 aliphatic rings. The molecular formula is C12H18N4O2. The van der Waals surface area contributed by atoms with E-state index in [4.69, 9.17) is 0 Å². The smallest absolute Gasteiger partial charge is 0.262 e. The van der Waals surface area contributed by atoms with Crippen molar-refractivity contribution in [2.45, 2.75) is 39.5 Å². The number of hydrogen-bond donors (Lipinski definition) is 2. The van der Waals surface area contributed by atoms with Crippen LogP contribution in [0.25, 0.3) is 0 Å². The van der Waals surface area contributed by atoms with Crippen molar-refractivity contribution in [3.05, 3.63) is 0 Å². The van der Waals surface area contributed by atoms with Gasteiger partial charge < -0.3 is 0 Å². The van der Waals surface area contributed by atoms with Gasteiger partial charge in [-0.05, 0) is 51.4 Å². The van der Waals surface area contributed by atoms with E-state index in [9.17, 15) is 9.59 Å². The monoisotopic (exact) mass is 250 g/mol. The van der Waals surface area contributed by atoms with E-state index in [-0.39, 0.29) is 0 Å². The Morgan fingerprint density at radius 1 is 0.833 bits per heavy atom. The summed E-state index contributed by atoms with van der Waals surface area (Å²) < 4.78 is 0. The van der Waals surface area contributed by atoms with Crippen molar-refractivity contribution >= 4 is 23.2 Å². The predicted molar refractivity (Wildman–Crippen MR) is 68.0 cm³/mol. The quantitative estimate of drug-likeness (QED) is 0.439. The number of hydrogen-bond acceptors (Lipinski definition) is 4. The molecule has 6 nitrogen and oxygen atoms in total. The summed E-state index contributed by atoms with van der Waals surface area (Å²) in [4.78, 5) is 22.8. The summed E-state index contributed by atoms with van der Waals surface area (Å²) in [6, 6.07) is 0. The van der Waals surface area contributed by atoms with Gasteiger partial charge in [-0.1, -0.05) is 0 Å². The fraction of sp³-hybridized carbons (Fsp3) is 0.667. The number of hydrazone groups is 2. The van der Waals surface area contributed by atoms with E-state index in [1.807, 2.05) is 13.8 Å². The molecule has 98 valence electrons. The summed E-state index contributed by atoms with van der Waals surface area (Å²) in [7, 11) is 0. The molecule has 0 saturated heterocycles. The van der Waals surface area contributed by atoms with Crippen LogP contribution in [0.5, 0.6) is 0 Å². The standard InChI is InChI=1S/C12H18N4O2/c1-7(9-3-4-9)13-15-11(17)12(18)16-14-8(2)10-5-6-10/h9-10H,3-6H2,1-2H3,(H,15,17)(H,16,18). The summed E-state index contributed by atoms with van der Waals surface area (Å²) in [5.41, 5.74) is 6.22. The van der Waals surface area contributed by atoms with E-state index < -0.39 is 11.8 Å². The number of rotatable bonds is 4. The summed E-state index contributed by atoms with van der Waals surface area (Å²) >= 11 is 0. The topological polar surface area (TPSA) is 82.9 Å². The first-order valence-electron chi connectivity index (χ1n) is 6.26. The van der Waals surface area contributed by atoms with Crippen LogP contribution in [-0.4, -0.2) is 23.2 Å². The largest absolute Gasteiger partial charge is 0.331 e. The van der Waals surface area contributed by atoms with Gasteiger partial charge in [0.2, 0.25) is 0 Å². The Morgan fingerprint density at radius 3 is 1.44 bits per heavy atom. The minimum atomic E-state index is -0.776. The summed E-state index contributed by atoms with van der Waals surface area (Å²) in [5.74, 6) is -0.600. The van der Waals surface area contributed by atoms with Gasteiger partial charge in [0.15, 0.2) is 0 Å². The van der Waals surface area contributed by atoms with Crippen LogP contribution in [0.1, 0.15) is 39.5 Å². The zero-order valence-electron chi connectivity index (χ0n) is 10.7. The van der Waals surface area contributed by atoms with Crippen LogP contribution in [0.4, 0.5) is 0 Å². The van der Waals surface area contributed by atoms with Crippen molar-refractivity contribution in [1.82, 2.24) is 10.9 Å². The number of nitrogens with one attached hydrogen (secondary N) is 2. The maximum absolute atomic E-state index is 11.4. The van der Waals surface area contributed by atoms with Crippen LogP contribution in [0.2, 0.25) is 0 Å². The summed E-state index contributed by atoms with van der Waals surface area (Å²) in [5, 5.41) is 7.78. The van der Waals surface area contributed by atoms with Gasteiger partial charge in [-0.15, -0.1) is 0 Å². The minimum Gasteiger partial charge on any atom is -0.262 e. The fourth-order valence-corrected chi connectivity index (χ4v) is 1.56. The van der Waals surface area contributed by atoms with Crippen LogP contribution < -0.4 is 10.9 Å². The van der Waals surface area contributed by atoms with Crippen LogP contribution in [0, 0.1) is 11.8 Å². The Morgan fingerprint density at radius 2 is 1.17 bits per heavy atom. The molecule has 0 bridgehead atoms. The second kappa shape index (κ2) is 5.29. The molecule has 6 heteroatoms. The molecule has 0 heterocycles. The second-order valence-electron chi connectivity index (χ2n) is 4.94. The fourth-order valence-electron chi connectivity index (χ4n) is 1.56. The van der Waals surface area contributed by atoms with Crippen LogP contribution in [0.3, 0.4) is 0 Å². The normalized spacial score (nSPS) is 20.6. The Labute approximate surface area is 106 Å². The lowest BCUT2D eigenvalue weighted by Gasteiger charge is -2.01.